The van der Waals surface area contributed by atoms with Gasteiger partial charge < -0.3 is 18.9 Å². The van der Waals surface area contributed by atoms with E-state index in [1.54, 1.807) is 14.2 Å². The van der Waals surface area contributed by atoms with Gasteiger partial charge in [-0.25, -0.2) is 0 Å². The summed E-state index contributed by atoms with van der Waals surface area (Å²) in [6.07, 6.45) is -0.0524. The lowest BCUT2D eigenvalue weighted by Crippen LogP contribution is -2.12. The van der Waals surface area contributed by atoms with Gasteiger partial charge in [0.05, 0.1) is 27.4 Å². The molecule has 4 nitrogen and oxygen atoms in total. The van der Waals surface area contributed by atoms with Crippen LogP contribution in [0.1, 0.15) is 17.2 Å². The molecule has 2 aromatic carbocycles. The van der Waals surface area contributed by atoms with E-state index in [1.807, 2.05) is 48.5 Å². The Kier molecular flexibility index (Phi) is 4.61. The highest BCUT2D eigenvalue weighted by molar-refractivity contribution is 5.45. The Balaban J connectivity index is 1.98. The van der Waals surface area contributed by atoms with Crippen molar-refractivity contribution in [3.05, 3.63) is 59.7 Å². The van der Waals surface area contributed by atoms with Crippen LogP contribution in [0.2, 0.25) is 0 Å². The lowest BCUT2D eigenvalue weighted by molar-refractivity contribution is 0.0641. The molecule has 1 heterocycles. The van der Waals surface area contributed by atoms with Crippen LogP contribution in [0.5, 0.6) is 11.5 Å². The van der Waals surface area contributed by atoms with Crippen molar-refractivity contribution in [2.75, 3.05) is 27.4 Å². The minimum Gasteiger partial charge on any atom is -0.496 e. The molecule has 4 heteroatoms. The first kappa shape index (κ1) is 14.9. The average Bonchev–Trinajstić information content (AvgIpc) is 3.40. The lowest BCUT2D eigenvalue weighted by Gasteiger charge is -2.22. The number of benzene rings is 2. The van der Waals surface area contributed by atoms with E-state index in [0.29, 0.717) is 6.61 Å². The molecule has 1 aliphatic heterocycles. The highest BCUT2D eigenvalue weighted by atomic mass is 16.6. The van der Waals surface area contributed by atoms with Gasteiger partial charge in [-0.1, -0.05) is 36.4 Å². The molecule has 0 N–H and O–H groups in total. The lowest BCUT2D eigenvalue weighted by atomic mass is 9.99. The number of hydrogen-bond donors (Lipinski definition) is 0. The maximum atomic E-state index is 6.14. The van der Waals surface area contributed by atoms with Crippen molar-refractivity contribution in [3.63, 3.8) is 0 Å². The van der Waals surface area contributed by atoms with Crippen LogP contribution in [0.25, 0.3) is 0 Å². The second-order valence-corrected chi connectivity index (χ2v) is 5.15. The number of methoxy groups -OCH3 is 2. The number of epoxide rings is 1. The van der Waals surface area contributed by atoms with Crippen molar-refractivity contribution in [3.8, 4) is 11.5 Å². The van der Waals surface area contributed by atoms with E-state index in [0.717, 1.165) is 29.2 Å². The topological polar surface area (TPSA) is 40.2 Å². The van der Waals surface area contributed by atoms with Crippen LogP contribution in [-0.2, 0) is 9.47 Å². The molecular weight excluding hydrogens is 280 g/mol. The highest BCUT2D eigenvalue weighted by Crippen LogP contribution is 2.37. The molecule has 0 bridgehead atoms. The Bertz CT molecular complexity index is 574. The van der Waals surface area contributed by atoms with E-state index in [2.05, 4.69) is 0 Å². The van der Waals surface area contributed by atoms with E-state index < -0.39 is 0 Å². The minimum absolute atomic E-state index is 0.201. The first-order valence-corrected chi connectivity index (χ1v) is 7.32. The molecule has 1 fully saturated rings. The van der Waals surface area contributed by atoms with Gasteiger partial charge >= 0.3 is 0 Å². The molecule has 0 amide bonds. The molecular formula is C18H20O4. The summed E-state index contributed by atoms with van der Waals surface area (Å²) in [6.45, 7) is 1.32. The third-order valence-electron chi connectivity index (χ3n) is 3.69. The monoisotopic (exact) mass is 300 g/mol. The van der Waals surface area contributed by atoms with Crippen molar-refractivity contribution in [2.45, 2.75) is 12.2 Å². The average molecular weight is 300 g/mol. The fourth-order valence-electron chi connectivity index (χ4n) is 2.48. The van der Waals surface area contributed by atoms with Crippen molar-refractivity contribution in [1.29, 1.82) is 0 Å². The summed E-state index contributed by atoms with van der Waals surface area (Å²) >= 11 is 0. The summed E-state index contributed by atoms with van der Waals surface area (Å²) in [5.41, 5.74) is 1.96. The SMILES string of the molecule is COc1ccccc1C(OC[C@H]1CO1)c1ccccc1OC. The summed E-state index contributed by atoms with van der Waals surface area (Å²) in [6, 6.07) is 15.8. The van der Waals surface area contributed by atoms with Crippen LogP contribution < -0.4 is 9.47 Å². The van der Waals surface area contributed by atoms with Gasteiger partial charge in [0.15, 0.2) is 0 Å². The van der Waals surface area contributed by atoms with Gasteiger partial charge in [0.1, 0.15) is 23.7 Å². The molecule has 22 heavy (non-hydrogen) atoms. The first-order chi connectivity index (χ1) is 10.8. The number of para-hydroxylation sites is 2. The van der Waals surface area contributed by atoms with Gasteiger partial charge in [0.2, 0.25) is 0 Å². The largest absolute Gasteiger partial charge is 0.496 e. The van der Waals surface area contributed by atoms with E-state index in [4.69, 9.17) is 18.9 Å². The Morgan fingerprint density at radius 3 is 1.91 bits per heavy atom. The number of ether oxygens (including phenoxy) is 4. The van der Waals surface area contributed by atoms with E-state index in [9.17, 15) is 0 Å². The maximum Gasteiger partial charge on any atom is 0.125 e. The van der Waals surface area contributed by atoms with E-state index in [1.165, 1.54) is 0 Å². The van der Waals surface area contributed by atoms with Crippen LogP contribution in [-0.4, -0.2) is 33.5 Å². The van der Waals surface area contributed by atoms with Crippen LogP contribution >= 0.6 is 0 Å². The summed E-state index contributed by atoms with van der Waals surface area (Å²) in [5, 5.41) is 0. The quantitative estimate of drug-likeness (QED) is 0.736. The molecule has 0 saturated carbocycles. The standard InChI is InChI=1S/C18H20O4/c1-19-16-9-5-3-7-14(16)18(22-12-13-11-21-13)15-8-4-6-10-17(15)20-2/h3-10,13,18H,11-12H2,1-2H3/t13-/m1/s1. The second kappa shape index (κ2) is 6.81. The van der Waals surface area contributed by atoms with Gasteiger partial charge in [-0.3, -0.25) is 0 Å². The molecule has 1 saturated heterocycles. The summed E-state index contributed by atoms with van der Waals surface area (Å²) in [4.78, 5) is 0. The third kappa shape index (κ3) is 3.24. The smallest absolute Gasteiger partial charge is 0.125 e. The van der Waals surface area contributed by atoms with Crippen molar-refractivity contribution < 1.29 is 18.9 Å². The van der Waals surface area contributed by atoms with Crippen LogP contribution in [0, 0.1) is 0 Å². The van der Waals surface area contributed by atoms with Gasteiger partial charge in [-0.2, -0.15) is 0 Å². The Hall–Kier alpha value is -2.04. The fourth-order valence-corrected chi connectivity index (χ4v) is 2.48. The second-order valence-electron chi connectivity index (χ2n) is 5.15. The van der Waals surface area contributed by atoms with Crippen LogP contribution in [0.4, 0.5) is 0 Å². The molecule has 1 aliphatic rings. The molecule has 2 aromatic rings. The molecule has 0 spiro atoms. The summed E-state index contributed by atoms with van der Waals surface area (Å²) < 4.78 is 22.4. The zero-order valence-electron chi connectivity index (χ0n) is 12.8. The zero-order chi connectivity index (χ0) is 15.4. The molecule has 116 valence electrons. The van der Waals surface area contributed by atoms with Crippen LogP contribution in [0.15, 0.2) is 48.5 Å². The number of hydrogen-bond acceptors (Lipinski definition) is 4. The van der Waals surface area contributed by atoms with Gasteiger partial charge in [-0.15, -0.1) is 0 Å². The van der Waals surface area contributed by atoms with E-state index in [-0.39, 0.29) is 12.2 Å². The fraction of sp³-hybridized carbons (Fsp3) is 0.333. The molecule has 0 aliphatic carbocycles. The third-order valence-corrected chi connectivity index (χ3v) is 3.69. The van der Waals surface area contributed by atoms with Gasteiger partial charge in [-0.05, 0) is 12.1 Å². The first-order valence-electron chi connectivity index (χ1n) is 7.32. The van der Waals surface area contributed by atoms with Crippen LogP contribution in [0.3, 0.4) is 0 Å². The number of rotatable bonds is 7. The van der Waals surface area contributed by atoms with E-state index >= 15 is 0 Å². The highest BCUT2D eigenvalue weighted by Gasteiger charge is 2.28. The normalized spacial score (nSPS) is 16.6. The summed E-state index contributed by atoms with van der Waals surface area (Å²) in [5.74, 6) is 1.60. The molecule has 0 radical (unpaired) electrons. The predicted molar refractivity (Wildman–Crippen MR) is 83.5 cm³/mol. The maximum absolute atomic E-state index is 6.14. The molecule has 0 unspecified atom stereocenters. The van der Waals surface area contributed by atoms with Crippen molar-refractivity contribution >= 4 is 0 Å². The minimum atomic E-state index is -0.253. The molecule has 0 aromatic heterocycles. The van der Waals surface area contributed by atoms with Gasteiger partial charge in [0.25, 0.3) is 0 Å². The Morgan fingerprint density at radius 2 is 1.45 bits per heavy atom. The predicted octanol–water partition coefficient (Wildman–Crippen LogP) is 3.21. The Labute approximate surface area is 130 Å². The van der Waals surface area contributed by atoms with Crippen molar-refractivity contribution in [1.82, 2.24) is 0 Å². The summed E-state index contributed by atoms with van der Waals surface area (Å²) in [7, 11) is 3.34. The molecule has 1 atom stereocenters. The zero-order valence-corrected chi connectivity index (χ0v) is 12.8. The molecule has 3 rings (SSSR count). The van der Waals surface area contributed by atoms with Gasteiger partial charge in [0, 0.05) is 11.1 Å². The van der Waals surface area contributed by atoms with Crippen molar-refractivity contribution in [2.24, 2.45) is 0 Å². The Morgan fingerprint density at radius 1 is 0.955 bits per heavy atom.